The summed E-state index contributed by atoms with van der Waals surface area (Å²) in [5.41, 5.74) is 0. The van der Waals surface area contributed by atoms with Gasteiger partial charge in [-0.05, 0) is 0 Å². The Morgan fingerprint density at radius 2 is 0.322 bits per heavy atom. The van der Waals surface area contributed by atoms with Gasteiger partial charge in [-0.1, -0.05) is 0 Å². The normalized spacial score (nSPS) is 12.8. The molecule has 0 unspecified atom stereocenters. The van der Waals surface area contributed by atoms with Crippen molar-refractivity contribution in [1.29, 1.82) is 0 Å². The summed E-state index contributed by atoms with van der Waals surface area (Å²) in [4.78, 5) is 0. The van der Waals surface area contributed by atoms with Crippen molar-refractivity contribution >= 4 is 85.1 Å². The van der Waals surface area contributed by atoms with Crippen molar-refractivity contribution in [3.8, 4) is 0 Å². The molecule has 0 aliphatic heterocycles. The fourth-order valence-electron chi connectivity index (χ4n) is 4.02. The second-order valence-electron chi connectivity index (χ2n) is 12.4. The van der Waals surface area contributed by atoms with Crippen molar-refractivity contribution < 1.29 is 84.9 Å². The van der Waals surface area contributed by atoms with Crippen molar-refractivity contribution in [2.45, 2.75) is 96.3 Å². The van der Waals surface area contributed by atoms with Crippen molar-refractivity contribution in [3.63, 3.8) is 0 Å². The van der Waals surface area contributed by atoms with Crippen LogP contribution >= 0.6 is 24.8 Å². The molecule has 0 aliphatic rings. The second kappa shape index (κ2) is 42.4. The van der Waals surface area contributed by atoms with Crippen LogP contribution in [0.15, 0.2) is 0 Å². The monoisotopic (exact) mass is 1200 g/mol. The van der Waals surface area contributed by atoms with E-state index in [2.05, 4.69) is 60.4 Å². The Labute approximate surface area is 382 Å². The Morgan fingerprint density at radius 3 is 0.441 bits per heavy atom. The number of unbranched alkanes of at least 4 members (excludes halogenated alkanes) is 6. The SMILES string of the molecule is OCCCCOP(=[Se])(OCCCCO)OCCCOP(=[Se])(OCCCOP(=[Se])(OCCCCO)OCCCCO)OCCCOP(=[Se])(OCCCCO)OCCCCO. The maximum absolute atomic E-state index is 9.13. The molecular formula is C33H72O18P4Se4. The molecule has 18 nitrogen and oxygen atoms in total. The minimum absolute atomic E-state index is 0.0712. The van der Waals surface area contributed by atoms with Crippen LogP contribution in [0.25, 0.3) is 0 Å². The third kappa shape index (κ3) is 37.8. The zero-order valence-electron chi connectivity index (χ0n) is 34.3. The van der Waals surface area contributed by atoms with E-state index in [0.717, 1.165) is 0 Å². The number of aliphatic hydroxyl groups excluding tert-OH is 6. The quantitative estimate of drug-likeness (QED) is 0.0282. The van der Waals surface area contributed by atoms with Gasteiger partial charge in [0.15, 0.2) is 0 Å². The average Bonchev–Trinajstić information content (AvgIpc) is 3.22. The number of aliphatic hydroxyl groups is 6. The molecule has 0 bridgehead atoms. The van der Waals surface area contributed by atoms with E-state index < -0.39 is 24.8 Å². The van der Waals surface area contributed by atoms with Crippen molar-refractivity contribution in [3.05, 3.63) is 0 Å². The topological polar surface area (TPSA) is 232 Å². The van der Waals surface area contributed by atoms with Crippen LogP contribution in [0.1, 0.15) is 96.3 Å². The zero-order chi connectivity index (χ0) is 43.8. The molecule has 0 heterocycles. The van der Waals surface area contributed by atoms with Crippen molar-refractivity contribution in [2.75, 3.05) is 119 Å². The third-order valence-electron chi connectivity index (χ3n) is 7.17. The average molecular weight is 1200 g/mol. The molecule has 0 fully saturated rings. The first-order chi connectivity index (χ1) is 28.5. The van der Waals surface area contributed by atoms with E-state index in [4.69, 9.17) is 84.9 Å². The Balaban J connectivity index is 5.44. The molecule has 26 heteroatoms. The molecule has 0 amide bonds. The first kappa shape index (κ1) is 62.1. The van der Waals surface area contributed by atoms with Crippen LogP contribution in [-0.4, -0.2) is 210 Å². The molecule has 0 radical (unpaired) electrons. The molecule has 59 heavy (non-hydrogen) atoms. The van der Waals surface area contributed by atoms with Gasteiger partial charge < -0.3 is 0 Å². The van der Waals surface area contributed by atoms with E-state index in [1.54, 1.807) is 0 Å². The van der Waals surface area contributed by atoms with Crippen LogP contribution in [0.4, 0.5) is 0 Å². The van der Waals surface area contributed by atoms with Crippen LogP contribution in [0.3, 0.4) is 0 Å². The summed E-state index contributed by atoms with van der Waals surface area (Å²) in [6.45, 7) is 4.06. The Kier molecular flexibility index (Phi) is 44.6. The van der Waals surface area contributed by atoms with Crippen LogP contribution in [0, 0.1) is 0 Å². The molecule has 6 N–H and O–H groups in total. The van der Waals surface area contributed by atoms with Gasteiger partial charge in [-0.3, -0.25) is 0 Å². The molecular weight excluding hydrogens is 1120 g/mol. The molecule has 0 aliphatic carbocycles. The molecule has 0 aromatic heterocycles. The fourth-order valence-corrected chi connectivity index (χ4v) is 14.8. The Morgan fingerprint density at radius 1 is 0.203 bits per heavy atom. The molecule has 0 atom stereocenters. The van der Waals surface area contributed by atoms with Crippen LogP contribution in [-0.2, 0) is 54.3 Å². The number of rotatable bonds is 48. The summed E-state index contributed by atoms with van der Waals surface area (Å²) >= 11 is 11.9. The standard InChI is InChI=1S/C33H72O18P4Se4/c34-16-1-7-22-40-52(56,41-23-8-2-17-35)46-28-13-31-49-55(59,50-32-14-29-47-53(57,42-24-9-3-18-36)43-25-10-4-19-37)51-33-15-30-48-54(58,44-26-11-5-20-38)45-27-12-6-21-39/h34-39H,1-33H2. The molecule has 0 aromatic carbocycles. The van der Waals surface area contributed by atoms with Crippen LogP contribution < -0.4 is 0 Å². The molecule has 0 saturated heterocycles. The summed E-state index contributed by atoms with van der Waals surface area (Å²) in [5, 5.41) is 54.8. The summed E-state index contributed by atoms with van der Waals surface area (Å²) in [6, 6.07) is 0. The summed E-state index contributed by atoms with van der Waals surface area (Å²) < 4.78 is 72.4. The van der Waals surface area contributed by atoms with Gasteiger partial charge in [0, 0.05) is 0 Å². The molecule has 0 saturated carbocycles. The minimum atomic E-state index is -2.98. The zero-order valence-corrected chi connectivity index (χ0v) is 44.8. The van der Waals surface area contributed by atoms with Crippen LogP contribution in [0.2, 0.25) is 0 Å². The van der Waals surface area contributed by atoms with E-state index in [1.807, 2.05) is 0 Å². The Hall–Kier alpha value is 3.08. The molecule has 356 valence electrons. The summed E-state index contributed by atoms with van der Waals surface area (Å²) in [6.07, 6.45) is -2.38. The summed E-state index contributed by atoms with van der Waals surface area (Å²) in [5.74, 6) is 0. The van der Waals surface area contributed by atoms with E-state index in [9.17, 15) is 0 Å². The predicted molar refractivity (Wildman–Crippen MR) is 234 cm³/mol. The maximum atomic E-state index is 9.13. The predicted octanol–water partition coefficient (Wildman–Crippen LogP) is 4.38. The van der Waals surface area contributed by atoms with E-state index >= 15 is 0 Å². The molecule has 0 rings (SSSR count). The third-order valence-corrected chi connectivity index (χ3v) is 21.1. The molecule has 0 spiro atoms. The summed E-state index contributed by atoms with van der Waals surface area (Å²) in [7, 11) is 0. The number of hydrogen-bond donors (Lipinski definition) is 6. The first-order valence-electron chi connectivity index (χ1n) is 20.3. The van der Waals surface area contributed by atoms with E-state index in [1.165, 1.54) is 0 Å². The van der Waals surface area contributed by atoms with Gasteiger partial charge in [-0.25, -0.2) is 0 Å². The van der Waals surface area contributed by atoms with Gasteiger partial charge in [0.25, 0.3) is 0 Å². The number of hydrogen-bond acceptors (Lipinski definition) is 18. The van der Waals surface area contributed by atoms with Gasteiger partial charge in [0.1, 0.15) is 0 Å². The first-order valence-corrected chi connectivity index (χ1v) is 35.3. The second-order valence-corrected chi connectivity index (χ2v) is 30.4. The van der Waals surface area contributed by atoms with Gasteiger partial charge in [-0.2, -0.15) is 0 Å². The fraction of sp³-hybridized carbons (Fsp3) is 1.00. The van der Waals surface area contributed by atoms with E-state index in [0.29, 0.717) is 136 Å². The van der Waals surface area contributed by atoms with E-state index in [-0.39, 0.29) is 79.3 Å². The van der Waals surface area contributed by atoms with Gasteiger partial charge in [-0.15, -0.1) is 0 Å². The van der Waals surface area contributed by atoms with Gasteiger partial charge in [0.05, 0.1) is 0 Å². The van der Waals surface area contributed by atoms with Crippen molar-refractivity contribution in [2.24, 2.45) is 0 Å². The van der Waals surface area contributed by atoms with Gasteiger partial charge >= 0.3 is 385 Å². The van der Waals surface area contributed by atoms with Crippen molar-refractivity contribution in [1.82, 2.24) is 0 Å². The Bertz CT molecular complexity index is 974. The van der Waals surface area contributed by atoms with Crippen LogP contribution in [0.5, 0.6) is 0 Å². The van der Waals surface area contributed by atoms with Gasteiger partial charge in [0.2, 0.25) is 0 Å². The molecule has 0 aromatic rings.